The highest BCUT2D eigenvalue weighted by atomic mass is 16.1. The fraction of sp³-hybridized carbons (Fsp3) is 0.917. The Bertz CT molecular complexity index is 229. The van der Waals surface area contributed by atoms with E-state index in [0.717, 1.165) is 0 Å². The first-order valence-corrected chi connectivity index (χ1v) is 5.78. The van der Waals surface area contributed by atoms with Crippen LogP contribution in [0.5, 0.6) is 0 Å². The molecule has 3 N–H and O–H groups in total. The summed E-state index contributed by atoms with van der Waals surface area (Å²) in [5.74, 6) is 0.0773. The van der Waals surface area contributed by atoms with Crippen LogP contribution in [-0.4, -0.2) is 42.5 Å². The average molecular weight is 229 g/mol. The van der Waals surface area contributed by atoms with Crippen molar-refractivity contribution in [3.05, 3.63) is 0 Å². The van der Waals surface area contributed by atoms with Crippen molar-refractivity contribution in [3.8, 4) is 0 Å². The van der Waals surface area contributed by atoms with Crippen molar-refractivity contribution in [1.29, 1.82) is 0 Å². The Morgan fingerprint density at radius 3 is 2.12 bits per heavy atom. The lowest BCUT2D eigenvalue weighted by molar-refractivity contribution is -0.121. The lowest BCUT2D eigenvalue weighted by atomic mass is 9.99. The molecular formula is C12H27N3O. The Hall–Kier alpha value is -0.610. The monoisotopic (exact) mass is 229 g/mol. The quantitative estimate of drug-likeness (QED) is 0.713. The molecule has 0 fully saturated rings. The van der Waals surface area contributed by atoms with Crippen molar-refractivity contribution in [1.82, 2.24) is 10.2 Å². The van der Waals surface area contributed by atoms with Crippen molar-refractivity contribution in [2.45, 2.75) is 51.6 Å². The van der Waals surface area contributed by atoms with E-state index >= 15 is 0 Å². The van der Waals surface area contributed by atoms with Crippen LogP contribution in [0, 0.1) is 0 Å². The second-order valence-electron chi connectivity index (χ2n) is 5.97. The first-order valence-electron chi connectivity index (χ1n) is 5.78. The van der Waals surface area contributed by atoms with Gasteiger partial charge >= 0.3 is 0 Å². The molecule has 4 heteroatoms. The SMILES string of the molecule is CN(C)C(C)(C)CNC(=O)CCC(C)(C)N. The van der Waals surface area contributed by atoms with Gasteiger partial charge in [0.15, 0.2) is 0 Å². The van der Waals surface area contributed by atoms with Gasteiger partial charge in [0.2, 0.25) is 5.91 Å². The number of hydrogen-bond donors (Lipinski definition) is 2. The summed E-state index contributed by atoms with van der Waals surface area (Å²) in [6.45, 7) is 8.72. The number of rotatable bonds is 6. The van der Waals surface area contributed by atoms with Crippen LogP contribution in [0.2, 0.25) is 0 Å². The number of nitrogens with zero attached hydrogens (tertiary/aromatic N) is 1. The maximum Gasteiger partial charge on any atom is 0.220 e. The van der Waals surface area contributed by atoms with Gasteiger partial charge < -0.3 is 16.0 Å². The summed E-state index contributed by atoms with van der Waals surface area (Å²) in [4.78, 5) is 13.7. The largest absolute Gasteiger partial charge is 0.354 e. The fourth-order valence-electron chi connectivity index (χ4n) is 0.997. The van der Waals surface area contributed by atoms with Gasteiger partial charge in [0.05, 0.1) is 0 Å². The van der Waals surface area contributed by atoms with E-state index in [2.05, 4.69) is 24.1 Å². The average Bonchev–Trinajstić information content (AvgIpc) is 2.10. The van der Waals surface area contributed by atoms with Crippen molar-refractivity contribution >= 4 is 5.91 Å². The smallest absolute Gasteiger partial charge is 0.220 e. The molecule has 0 bridgehead atoms. The zero-order valence-electron chi connectivity index (χ0n) is 11.6. The number of likely N-dealkylation sites (N-methyl/N-ethyl adjacent to an activating group) is 1. The summed E-state index contributed by atoms with van der Waals surface area (Å²) in [7, 11) is 4.02. The van der Waals surface area contributed by atoms with E-state index in [1.165, 1.54) is 0 Å². The molecule has 0 aromatic carbocycles. The first-order chi connectivity index (χ1) is 7.04. The predicted octanol–water partition coefficient (Wildman–Crippen LogP) is 0.960. The van der Waals surface area contributed by atoms with Crippen LogP contribution in [0.3, 0.4) is 0 Å². The van der Waals surface area contributed by atoms with E-state index in [0.29, 0.717) is 19.4 Å². The standard InChI is InChI=1S/C12H27N3O/c1-11(2,13)8-7-10(16)14-9-12(3,4)15(5)6/h7-9,13H2,1-6H3,(H,14,16). The van der Waals surface area contributed by atoms with Crippen LogP contribution in [-0.2, 0) is 4.79 Å². The predicted molar refractivity (Wildman–Crippen MR) is 68.3 cm³/mol. The van der Waals surface area contributed by atoms with E-state index in [-0.39, 0.29) is 17.0 Å². The summed E-state index contributed by atoms with van der Waals surface area (Å²) in [6, 6.07) is 0. The van der Waals surface area contributed by atoms with E-state index < -0.39 is 0 Å². The maximum absolute atomic E-state index is 11.6. The minimum Gasteiger partial charge on any atom is -0.354 e. The Balaban J connectivity index is 3.91. The Kier molecular flexibility index (Phi) is 5.42. The van der Waals surface area contributed by atoms with Crippen molar-refractivity contribution in [2.24, 2.45) is 5.73 Å². The topological polar surface area (TPSA) is 58.4 Å². The van der Waals surface area contributed by atoms with Gasteiger partial charge in [0, 0.05) is 24.0 Å². The maximum atomic E-state index is 11.6. The normalized spacial score (nSPS) is 13.0. The van der Waals surface area contributed by atoms with Crippen LogP contribution < -0.4 is 11.1 Å². The van der Waals surface area contributed by atoms with Gasteiger partial charge in [0.1, 0.15) is 0 Å². The summed E-state index contributed by atoms with van der Waals surface area (Å²) >= 11 is 0. The zero-order valence-corrected chi connectivity index (χ0v) is 11.6. The van der Waals surface area contributed by atoms with Crippen molar-refractivity contribution in [2.75, 3.05) is 20.6 Å². The van der Waals surface area contributed by atoms with Crippen molar-refractivity contribution < 1.29 is 4.79 Å². The number of nitrogens with one attached hydrogen (secondary N) is 1. The van der Waals surface area contributed by atoms with E-state index in [1.54, 1.807) is 0 Å². The first kappa shape index (κ1) is 15.4. The van der Waals surface area contributed by atoms with Gasteiger partial charge in [-0.25, -0.2) is 0 Å². The molecule has 96 valence electrons. The lowest BCUT2D eigenvalue weighted by Crippen LogP contribution is -2.48. The highest BCUT2D eigenvalue weighted by Crippen LogP contribution is 2.09. The molecule has 0 aliphatic rings. The van der Waals surface area contributed by atoms with Gasteiger partial charge in [-0.2, -0.15) is 0 Å². The summed E-state index contributed by atoms with van der Waals surface area (Å²) < 4.78 is 0. The van der Waals surface area contributed by atoms with Crippen LogP contribution in [0.4, 0.5) is 0 Å². The molecule has 16 heavy (non-hydrogen) atoms. The summed E-state index contributed by atoms with van der Waals surface area (Å²) in [5.41, 5.74) is 5.54. The van der Waals surface area contributed by atoms with Gasteiger partial charge in [-0.3, -0.25) is 4.79 Å². The third kappa shape index (κ3) is 6.80. The Morgan fingerprint density at radius 1 is 1.25 bits per heavy atom. The molecule has 1 amide bonds. The van der Waals surface area contributed by atoms with E-state index in [4.69, 9.17) is 5.73 Å². The molecule has 0 aliphatic carbocycles. The minimum absolute atomic E-state index is 0.0199. The molecule has 0 rings (SSSR count). The zero-order chi connectivity index (χ0) is 13.0. The van der Waals surface area contributed by atoms with Gasteiger partial charge in [-0.05, 0) is 48.2 Å². The molecule has 0 spiro atoms. The molecule has 0 saturated carbocycles. The summed E-state index contributed by atoms with van der Waals surface area (Å²) in [6.07, 6.45) is 1.20. The molecule has 0 aromatic heterocycles. The molecule has 0 heterocycles. The number of amides is 1. The number of nitrogens with two attached hydrogens (primary N) is 1. The molecule has 4 nitrogen and oxygen atoms in total. The fourth-order valence-corrected chi connectivity index (χ4v) is 0.997. The number of carbonyl (C=O) groups excluding carboxylic acids is 1. The van der Waals surface area contributed by atoms with Crippen LogP contribution in [0.25, 0.3) is 0 Å². The Morgan fingerprint density at radius 2 is 1.75 bits per heavy atom. The molecule has 0 atom stereocenters. The van der Waals surface area contributed by atoms with Crippen molar-refractivity contribution in [3.63, 3.8) is 0 Å². The third-order valence-electron chi connectivity index (χ3n) is 2.93. The van der Waals surface area contributed by atoms with Gasteiger partial charge in [-0.1, -0.05) is 0 Å². The van der Waals surface area contributed by atoms with E-state index in [9.17, 15) is 4.79 Å². The van der Waals surface area contributed by atoms with Gasteiger partial charge in [-0.15, -0.1) is 0 Å². The molecule has 0 unspecified atom stereocenters. The highest BCUT2D eigenvalue weighted by Gasteiger charge is 2.21. The highest BCUT2D eigenvalue weighted by molar-refractivity contribution is 5.76. The molecule has 0 radical (unpaired) electrons. The molecular weight excluding hydrogens is 202 g/mol. The Labute approximate surface area is 99.6 Å². The number of carbonyl (C=O) groups is 1. The third-order valence-corrected chi connectivity index (χ3v) is 2.93. The molecule has 0 aromatic rings. The van der Waals surface area contributed by atoms with Gasteiger partial charge in [0.25, 0.3) is 0 Å². The second-order valence-corrected chi connectivity index (χ2v) is 5.97. The number of hydrogen-bond acceptors (Lipinski definition) is 3. The van der Waals surface area contributed by atoms with E-state index in [1.807, 2.05) is 27.9 Å². The molecule has 0 aliphatic heterocycles. The van der Waals surface area contributed by atoms with Crippen LogP contribution in [0.15, 0.2) is 0 Å². The second kappa shape index (κ2) is 5.64. The minimum atomic E-state index is -0.269. The lowest BCUT2D eigenvalue weighted by Gasteiger charge is -2.32. The van der Waals surface area contributed by atoms with Crippen LogP contribution in [0.1, 0.15) is 40.5 Å². The van der Waals surface area contributed by atoms with Crippen LogP contribution >= 0.6 is 0 Å². The summed E-state index contributed by atoms with van der Waals surface area (Å²) in [5, 5.41) is 2.94. The molecule has 0 saturated heterocycles.